The number of likely N-dealkylation sites (tertiary alicyclic amines) is 1. The van der Waals surface area contributed by atoms with Gasteiger partial charge in [0.05, 0.1) is 6.04 Å². The number of hydrogen-bond donors (Lipinski definition) is 2. The largest absolute Gasteiger partial charge is 0.351 e. The van der Waals surface area contributed by atoms with Gasteiger partial charge in [-0.1, -0.05) is 19.3 Å². The molecule has 1 amide bonds. The van der Waals surface area contributed by atoms with Gasteiger partial charge in [0.1, 0.15) is 0 Å². The van der Waals surface area contributed by atoms with E-state index in [-0.39, 0.29) is 18.0 Å². The highest BCUT2D eigenvalue weighted by Gasteiger charge is 2.38. The Morgan fingerprint density at radius 3 is 2.71 bits per heavy atom. The summed E-state index contributed by atoms with van der Waals surface area (Å²) in [5.74, 6) is 0.973. The molecule has 2 saturated heterocycles. The first-order valence-electron chi connectivity index (χ1n) is 9.01. The predicted molar refractivity (Wildman–Crippen MR) is 85.2 cm³/mol. The van der Waals surface area contributed by atoms with Crippen LogP contribution in [0.15, 0.2) is 0 Å². The Balaban J connectivity index is 1.43. The van der Waals surface area contributed by atoms with E-state index >= 15 is 0 Å². The van der Waals surface area contributed by atoms with Gasteiger partial charge in [-0.25, -0.2) is 0 Å². The van der Waals surface area contributed by atoms with Crippen LogP contribution in [0.5, 0.6) is 0 Å². The molecule has 3 fully saturated rings. The van der Waals surface area contributed by atoms with Gasteiger partial charge in [-0.05, 0) is 58.0 Å². The average molecular weight is 293 g/mol. The molecule has 1 saturated carbocycles. The average Bonchev–Trinajstić information content (AvgIpc) is 2.92. The Kier molecular flexibility index (Phi) is 5.17. The highest BCUT2D eigenvalue weighted by molar-refractivity contribution is 5.82. The van der Waals surface area contributed by atoms with Crippen molar-refractivity contribution < 1.29 is 4.79 Å². The van der Waals surface area contributed by atoms with Gasteiger partial charge >= 0.3 is 0 Å². The molecule has 4 atom stereocenters. The minimum Gasteiger partial charge on any atom is -0.351 e. The molecule has 2 heterocycles. The third kappa shape index (κ3) is 3.98. The summed E-state index contributed by atoms with van der Waals surface area (Å²) < 4.78 is 0. The van der Waals surface area contributed by atoms with Gasteiger partial charge in [0, 0.05) is 18.6 Å². The van der Waals surface area contributed by atoms with Gasteiger partial charge in [0.15, 0.2) is 0 Å². The molecule has 3 rings (SSSR count). The lowest BCUT2D eigenvalue weighted by Crippen LogP contribution is -2.49. The highest BCUT2D eigenvalue weighted by Crippen LogP contribution is 2.33. The number of carbonyl (C=O) groups excluding carboxylic acids is 1. The molecule has 0 bridgehead atoms. The molecule has 2 N–H and O–H groups in total. The maximum absolute atomic E-state index is 12.4. The third-order valence-corrected chi connectivity index (χ3v) is 5.55. The second-order valence-electron chi connectivity index (χ2n) is 7.38. The van der Waals surface area contributed by atoms with Crippen molar-refractivity contribution in [3.63, 3.8) is 0 Å². The fourth-order valence-corrected chi connectivity index (χ4v) is 4.44. The minimum atomic E-state index is 0.0573. The summed E-state index contributed by atoms with van der Waals surface area (Å²) in [5.41, 5.74) is 0. The van der Waals surface area contributed by atoms with Crippen LogP contribution in [-0.2, 0) is 4.79 Å². The Morgan fingerprint density at radius 1 is 1.19 bits per heavy atom. The van der Waals surface area contributed by atoms with Crippen molar-refractivity contribution in [1.29, 1.82) is 0 Å². The van der Waals surface area contributed by atoms with Gasteiger partial charge in [0.25, 0.3) is 0 Å². The SMILES string of the molecule is CC(CN1CCCCC1)NC(=O)C1CC2CCCCC2N1. The van der Waals surface area contributed by atoms with Crippen LogP contribution >= 0.6 is 0 Å². The highest BCUT2D eigenvalue weighted by atomic mass is 16.2. The first-order valence-corrected chi connectivity index (χ1v) is 9.01. The van der Waals surface area contributed by atoms with Gasteiger partial charge in [-0.15, -0.1) is 0 Å². The van der Waals surface area contributed by atoms with Crippen LogP contribution in [0.1, 0.15) is 58.3 Å². The van der Waals surface area contributed by atoms with Gasteiger partial charge < -0.3 is 15.5 Å². The van der Waals surface area contributed by atoms with Crippen molar-refractivity contribution >= 4 is 5.91 Å². The molecule has 0 aromatic carbocycles. The smallest absolute Gasteiger partial charge is 0.237 e. The van der Waals surface area contributed by atoms with Crippen LogP contribution in [-0.4, -0.2) is 48.6 Å². The second kappa shape index (κ2) is 7.10. The van der Waals surface area contributed by atoms with Crippen LogP contribution < -0.4 is 10.6 Å². The topological polar surface area (TPSA) is 44.4 Å². The fraction of sp³-hybridized carbons (Fsp3) is 0.941. The van der Waals surface area contributed by atoms with E-state index in [4.69, 9.17) is 0 Å². The van der Waals surface area contributed by atoms with Crippen LogP contribution in [0.2, 0.25) is 0 Å². The molecule has 120 valence electrons. The first-order chi connectivity index (χ1) is 10.2. The van der Waals surface area contributed by atoms with Gasteiger partial charge in [-0.2, -0.15) is 0 Å². The minimum absolute atomic E-state index is 0.0573. The lowest BCUT2D eigenvalue weighted by Gasteiger charge is -2.29. The van der Waals surface area contributed by atoms with E-state index in [9.17, 15) is 4.79 Å². The van der Waals surface area contributed by atoms with Gasteiger partial charge in [0.2, 0.25) is 5.91 Å². The Labute approximate surface area is 129 Å². The van der Waals surface area contributed by atoms with Crippen LogP contribution in [0.4, 0.5) is 0 Å². The molecule has 0 spiro atoms. The number of rotatable bonds is 4. The number of nitrogens with zero attached hydrogens (tertiary/aromatic N) is 1. The lowest BCUT2D eigenvalue weighted by atomic mass is 9.85. The predicted octanol–water partition coefficient (Wildman–Crippen LogP) is 1.90. The van der Waals surface area contributed by atoms with E-state index in [0.29, 0.717) is 6.04 Å². The van der Waals surface area contributed by atoms with E-state index in [0.717, 1.165) is 18.9 Å². The van der Waals surface area contributed by atoms with Crippen molar-refractivity contribution in [1.82, 2.24) is 15.5 Å². The van der Waals surface area contributed by atoms with Crippen LogP contribution in [0.25, 0.3) is 0 Å². The van der Waals surface area contributed by atoms with Crippen molar-refractivity contribution in [2.75, 3.05) is 19.6 Å². The van der Waals surface area contributed by atoms with E-state index in [1.54, 1.807) is 0 Å². The molecule has 0 aromatic rings. The maximum Gasteiger partial charge on any atom is 0.237 e. The summed E-state index contributed by atoms with van der Waals surface area (Å²) in [6.45, 7) is 5.55. The molecule has 4 unspecified atom stereocenters. The summed E-state index contributed by atoms with van der Waals surface area (Å²) >= 11 is 0. The van der Waals surface area contributed by atoms with Crippen LogP contribution in [0, 0.1) is 5.92 Å². The summed E-state index contributed by atoms with van der Waals surface area (Å²) in [6, 6.07) is 0.925. The van der Waals surface area contributed by atoms with Crippen molar-refractivity contribution in [2.24, 2.45) is 5.92 Å². The molecule has 4 nitrogen and oxygen atoms in total. The lowest BCUT2D eigenvalue weighted by molar-refractivity contribution is -0.123. The fourth-order valence-electron chi connectivity index (χ4n) is 4.44. The number of nitrogens with one attached hydrogen (secondary N) is 2. The maximum atomic E-state index is 12.4. The number of piperidine rings is 1. The summed E-state index contributed by atoms with van der Waals surface area (Å²) in [6.07, 6.45) is 10.3. The third-order valence-electron chi connectivity index (χ3n) is 5.55. The van der Waals surface area contributed by atoms with Crippen molar-refractivity contribution in [3.05, 3.63) is 0 Å². The Hall–Kier alpha value is -0.610. The quantitative estimate of drug-likeness (QED) is 0.832. The van der Waals surface area contributed by atoms with E-state index in [1.165, 1.54) is 58.0 Å². The zero-order valence-electron chi connectivity index (χ0n) is 13.4. The molecule has 2 aliphatic heterocycles. The number of carbonyl (C=O) groups is 1. The molecular weight excluding hydrogens is 262 g/mol. The van der Waals surface area contributed by atoms with Crippen molar-refractivity contribution in [3.8, 4) is 0 Å². The molecular formula is C17H31N3O. The molecule has 1 aliphatic carbocycles. The number of amides is 1. The molecule has 4 heteroatoms. The first kappa shape index (κ1) is 15.3. The Morgan fingerprint density at radius 2 is 1.95 bits per heavy atom. The van der Waals surface area contributed by atoms with E-state index < -0.39 is 0 Å². The summed E-state index contributed by atoms with van der Waals surface area (Å²) in [7, 11) is 0. The van der Waals surface area contributed by atoms with E-state index in [1.807, 2.05) is 0 Å². The molecule has 21 heavy (non-hydrogen) atoms. The Bertz CT molecular complexity index is 340. The monoisotopic (exact) mass is 293 g/mol. The zero-order valence-corrected chi connectivity index (χ0v) is 13.4. The second-order valence-corrected chi connectivity index (χ2v) is 7.38. The van der Waals surface area contributed by atoms with E-state index in [2.05, 4.69) is 22.5 Å². The summed E-state index contributed by atoms with van der Waals surface area (Å²) in [4.78, 5) is 14.9. The van der Waals surface area contributed by atoms with Gasteiger partial charge in [-0.3, -0.25) is 4.79 Å². The number of fused-ring (bicyclic) bond motifs is 1. The number of hydrogen-bond acceptors (Lipinski definition) is 3. The normalized spacial score (nSPS) is 35.2. The molecule has 0 aromatic heterocycles. The van der Waals surface area contributed by atoms with Crippen molar-refractivity contribution in [2.45, 2.75) is 76.4 Å². The molecule has 3 aliphatic rings. The summed E-state index contributed by atoms with van der Waals surface area (Å²) in [5, 5.41) is 6.81. The molecule has 0 radical (unpaired) electrons. The standard InChI is InChI=1S/C17H31N3O/c1-13(12-20-9-5-2-6-10-20)18-17(21)16-11-14-7-3-4-8-15(14)19-16/h13-16,19H,2-12H2,1H3,(H,18,21). The zero-order chi connectivity index (χ0) is 14.7. The van der Waals surface area contributed by atoms with Crippen LogP contribution in [0.3, 0.4) is 0 Å².